The molecule has 38 heavy (non-hydrogen) atoms. The van der Waals surface area contributed by atoms with Gasteiger partial charge in [0.05, 0.1) is 10.6 Å². The fourth-order valence-electron chi connectivity index (χ4n) is 4.20. The van der Waals surface area contributed by atoms with Crippen molar-refractivity contribution in [3.8, 4) is 11.5 Å². The summed E-state index contributed by atoms with van der Waals surface area (Å²) >= 11 is 0. The summed E-state index contributed by atoms with van der Waals surface area (Å²) in [6.07, 6.45) is 0. The lowest BCUT2D eigenvalue weighted by Crippen LogP contribution is -2.50. The highest BCUT2D eigenvalue weighted by Crippen LogP contribution is 2.36. The van der Waals surface area contributed by atoms with Crippen molar-refractivity contribution in [1.29, 1.82) is 0 Å². The van der Waals surface area contributed by atoms with Gasteiger partial charge in [-0.25, -0.2) is 8.42 Å². The molecule has 0 bridgehead atoms. The van der Waals surface area contributed by atoms with E-state index >= 15 is 0 Å². The van der Waals surface area contributed by atoms with Crippen molar-refractivity contribution in [3.63, 3.8) is 0 Å². The number of rotatable bonds is 9. The second-order valence-corrected chi connectivity index (χ2v) is 10.8. The van der Waals surface area contributed by atoms with Crippen LogP contribution in [0.25, 0.3) is 0 Å². The average Bonchev–Trinajstić information content (AvgIpc) is 2.94. The standard InChI is InChI=1S/C28H31N3O6S/c1-20-9-7-8-10-22(20)18-30(21(2)28(33)29-3)27(32)19-31(38(34,35)24-11-5-4-6-12-24)23-13-14-25-26(17-23)37-16-15-36-25/h4-14,17,21H,15-16,18-19H2,1-3H3,(H,29,33)/t21-/m0/s1. The quantitative estimate of drug-likeness (QED) is 0.450. The molecule has 1 heterocycles. The topological polar surface area (TPSA) is 105 Å². The predicted octanol–water partition coefficient (Wildman–Crippen LogP) is 3.12. The fraction of sp³-hybridized carbons (Fsp3) is 0.286. The Morgan fingerprint density at radius 1 is 0.947 bits per heavy atom. The molecular formula is C28H31N3O6S. The first-order valence-corrected chi connectivity index (χ1v) is 13.7. The highest BCUT2D eigenvalue weighted by Gasteiger charge is 2.33. The molecule has 200 valence electrons. The van der Waals surface area contributed by atoms with Crippen LogP contribution in [0, 0.1) is 6.92 Å². The van der Waals surface area contributed by atoms with Crippen LogP contribution in [0.5, 0.6) is 11.5 Å². The number of fused-ring (bicyclic) bond motifs is 1. The molecule has 3 aromatic carbocycles. The number of likely N-dealkylation sites (N-methyl/N-ethyl adjacent to an activating group) is 1. The minimum Gasteiger partial charge on any atom is -0.486 e. The number of amides is 2. The molecule has 0 aromatic heterocycles. The lowest BCUT2D eigenvalue weighted by Gasteiger charge is -2.32. The van der Waals surface area contributed by atoms with E-state index in [1.54, 1.807) is 43.3 Å². The Balaban J connectivity index is 1.74. The van der Waals surface area contributed by atoms with Crippen LogP contribution in [0.1, 0.15) is 18.1 Å². The minimum atomic E-state index is -4.15. The summed E-state index contributed by atoms with van der Waals surface area (Å²) in [5.41, 5.74) is 2.05. The van der Waals surface area contributed by atoms with Crippen LogP contribution in [0.3, 0.4) is 0 Å². The molecule has 10 heteroatoms. The zero-order valence-electron chi connectivity index (χ0n) is 21.6. The highest BCUT2D eigenvalue weighted by atomic mass is 32.2. The molecule has 1 aliphatic heterocycles. The molecule has 1 atom stereocenters. The smallest absolute Gasteiger partial charge is 0.264 e. The molecule has 0 fully saturated rings. The zero-order chi connectivity index (χ0) is 27.3. The summed E-state index contributed by atoms with van der Waals surface area (Å²) in [6.45, 7) is 3.88. The van der Waals surface area contributed by atoms with Crippen molar-refractivity contribution >= 4 is 27.5 Å². The summed E-state index contributed by atoms with van der Waals surface area (Å²) < 4.78 is 40.0. The van der Waals surface area contributed by atoms with Gasteiger partial charge in [0.2, 0.25) is 11.8 Å². The van der Waals surface area contributed by atoms with E-state index in [9.17, 15) is 18.0 Å². The van der Waals surface area contributed by atoms with Gasteiger partial charge in [-0.2, -0.15) is 0 Å². The van der Waals surface area contributed by atoms with E-state index in [-0.39, 0.29) is 23.0 Å². The Morgan fingerprint density at radius 3 is 2.29 bits per heavy atom. The second-order valence-electron chi connectivity index (χ2n) is 8.89. The number of ether oxygens (including phenoxy) is 2. The summed E-state index contributed by atoms with van der Waals surface area (Å²) in [5.74, 6) is 0.00485. The van der Waals surface area contributed by atoms with Gasteiger partial charge in [-0.1, -0.05) is 42.5 Å². The molecule has 4 rings (SSSR count). The van der Waals surface area contributed by atoms with E-state index < -0.39 is 28.5 Å². The minimum absolute atomic E-state index is 0.0347. The van der Waals surface area contributed by atoms with Gasteiger partial charge >= 0.3 is 0 Å². The Labute approximate surface area is 223 Å². The molecule has 0 spiro atoms. The van der Waals surface area contributed by atoms with Crippen LogP contribution < -0.4 is 19.1 Å². The van der Waals surface area contributed by atoms with E-state index in [2.05, 4.69) is 5.32 Å². The molecule has 0 unspecified atom stereocenters. The number of hydrogen-bond donors (Lipinski definition) is 1. The summed E-state index contributed by atoms with van der Waals surface area (Å²) in [7, 11) is -2.66. The number of aryl methyl sites for hydroxylation is 1. The predicted molar refractivity (Wildman–Crippen MR) is 144 cm³/mol. The molecule has 1 aliphatic rings. The molecule has 0 radical (unpaired) electrons. The van der Waals surface area contributed by atoms with Crippen molar-refractivity contribution in [1.82, 2.24) is 10.2 Å². The lowest BCUT2D eigenvalue weighted by molar-refractivity contribution is -0.139. The molecule has 9 nitrogen and oxygen atoms in total. The number of hydrogen-bond acceptors (Lipinski definition) is 6. The fourth-order valence-corrected chi connectivity index (χ4v) is 5.63. The van der Waals surface area contributed by atoms with Crippen LogP contribution in [-0.2, 0) is 26.2 Å². The maximum Gasteiger partial charge on any atom is 0.264 e. The molecule has 0 saturated carbocycles. The van der Waals surface area contributed by atoms with Crippen molar-refractivity contribution in [2.24, 2.45) is 0 Å². The van der Waals surface area contributed by atoms with Crippen LogP contribution in [0.2, 0.25) is 0 Å². The summed E-state index contributed by atoms with van der Waals surface area (Å²) in [4.78, 5) is 27.9. The maximum atomic E-state index is 13.9. The Morgan fingerprint density at radius 2 is 1.61 bits per heavy atom. The first kappa shape index (κ1) is 27.0. The molecule has 0 saturated heterocycles. The van der Waals surface area contributed by atoms with Gasteiger partial charge in [-0.3, -0.25) is 13.9 Å². The van der Waals surface area contributed by atoms with E-state index in [1.165, 1.54) is 24.1 Å². The molecule has 1 N–H and O–H groups in total. The Bertz CT molecular complexity index is 1410. The first-order valence-electron chi connectivity index (χ1n) is 12.3. The maximum absolute atomic E-state index is 13.9. The van der Waals surface area contributed by atoms with Crippen LogP contribution >= 0.6 is 0 Å². The summed E-state index contributed by atoms with van der Waals surface area (Å²) in [5, 5.41) is 2.58. The average molecular weight is 538 g/mol. The van der Waals surface area contributed by atoms with E-state index in [4.69, 9.17) is 9.47 Å². The van der Waals surface area contributed by atoms with Crippen molar-refractivity contribution < 1.29 is 27.5 Å². The number of benzene rings is 3. The zero-order valence-corrected chi connectivity index (χ0v) is 22.4. The molecule has 3 aromatic rings. The number of anilines is 1. The number of nitrogens with zero attached hydrogens (tertiary/aromatic N) is 2. The molecule has 2 amide bonds. The van der Waals surface area contributed by atoms with E-state index in [0.717, 1.165) is 15.4 Å². The van der Waals surface area contributed by atoms with Gasteiger partial charge in [0.1, 0.15) is 25.8 Å². The number of carbonyl (C=O) groups is 2. The van der Waals surface area contributed by atoms with Gasteiger partial charge in [0.15, 0.2) is 11.5 Å². The van der Waals surface area contributed by atoms with Crippen LogP contribution in [0.4, 0.5) is 5.69 Å². The molecular weight excluding hydrogens is 506 g/mol. The van der Waals surface area contributed by atoms with Crippen molar-refractivity contribution in [3.05, 3.63) is 83.9 Å². The lowest BCUT2D eigenvalue weighted by atomic mass is 10.1. The Hall–Kier alpha value is -4.05. The highest BCUT2D eigenvalue weighted by molar-refractivity contribution is 7.92. The normalized spacial score (nSPS) is 13.3. The largest absolute Gasteiger partial charge is 0.486 e. The third-order valence-electron chi connectivity index (χ3n) is 6.44. The van der Waals surface area contributed by atoms with Gasteiger partial charge in [-0.05, 0) is 49.2 Å². The molecule has 0 aliphatic carbocycles. The van der Waals surface area contributed by atoms with E-state index in [0.29, 0.717) is 24.7 Å². The number of carbonyl (C=O) groups excluding carboxylic acids is 2. The number of nitrogens with one attached hydrogen (secondary N) is 1. The summed E-state index contributed by atoms with van der Waals surface area (Å²) in [6, 6.07) is 19.4. The third kappa shape index (κ3) is 5.75. The van der Waals surface area contributed by atoms with Gasteiger partial charge < -0.3 is 19.7 Å². The first-order chi connectivity index (χ1) is 18.2. The van der Waals surface area contributed by atoms with Crippen LogP contribution in [-0.4, -0.2) is 58.0 Å². The van der Waals surface area contributed by atoms with Crippen molar-refractivity contribution in [2.75, 3.05) is 31.1 Å². The van der Waals surface area contributed by atoms with Gasteiger partial charge in [0.25, 0.3) is 10.0 Å². The third-order valence-corrected chi connectivity index (χ3v) is 8.23. The van der Waals surface area contributed by atoms with Crippen molar-refractivity contribution in [2.45, 2.75) is 31.3 Å². The SMILES string of the molecule is CNC(=O)[C@H](C)N(Cc1ccccc1C)C(=O)CN(c1ccc2c(c1)OCCO2)S(=O)(=O)c1ccccc1. The monoisotopic (exact) mass is 537 g/mol. The van der Waals surface area contributed by atoms with E-state index in [1.807, 2.05) is 31.2 Å². The number of sulfonamides is 1. The van der Waals surface area contributed by atoms with Crippen LogP contribution in [0.15, 0.2) is 77.7 Å². The van der Waals surface area contributed by atoms with Gasteiger partial charge in [-0.15, -0.1) is 0 Å². The Kier molecular flexibility index (Phi) is 8.21. The van der Waals surface area contributed by atoms with Gasteiger partial charge in [0, 0.05) is 19.7 Å². The second kappa shape index (κ2) is 11.6.